The first kappa shape index (κ1) is 22.3. The second-order valence-corrected chi connectivity index (χ2v) is 7.50. The van der Waals surface area contributed by atoms with Crippen molar-refractivity contribution in [2.75, 3.05) is 13.7 Å². The van der Waals surface area contributed by atoms with E-state index in [-0.39, 0.29) is 12.5 Å². The molecular weight excluding hydrogens is 416 g/mol. The summed E-state index contributed by atoms with van der Waals surface area (Å²) in [5.74, 6) is 4.11. The molecule has 6 heteroatoms. The van der Waals surface area contributed by atoms with Gasteiger partial charge in [-0.1, -0.05) is 96.9 Å². The van der Waals surface area contributed by atoms with Crippen LogP contribution in [0.5, 0.6) is 0 Å². The standard InChI is InChI=1S/C27H24N2O4/c1-32-23(30)18-11-19-33-26-24(25(31)28-26)29-27(20-12-5-2-6-13-20,21-14-7-3-8-15-21)22-16-9-4-10-17-22/h2-10,12-17,24,26,29H,19H2,1H3,(H,28,31). The number of carbonyl (C=O) groups is 2. The molecule has 1 fully saturated rings. The fourth-order valence-electron chi connectivity index (χ4n) is 3.97. The Bertz CT molecular complexity index is 1060. The Morgan fingerprint density at radius 2 is 1.39 bits per heavy atom. The Morgan fingerprint density at radius 1 is 0.909 bits per heavy atom. The summed E-state index contributed by atoms with van der Waals surface area (Å²) in [5, 5.41) is 6.36. The van der Waals surface area contributed by atoms with Crippen LogP contribution in [0.3, 0.4) is 0 Å². The van der Waals surface area contributed by atoms with Crippen molar-refractivity contribution in [3.63, 3.8) is 0 Å². The van der Waals surface area contributed by atoms with Gasteiger partial charge in [0, 0.05) is 5.92 Å². The summed E-state index contributed by atoms with van der Waals surface area (Å²) in [6.45, 7) is -0.0206. The SMILES string of the molecule is COC(=O)C#CCOC1NC(=O)C1NC(c1ccccc1)(c1ccccc1)c1ccccc1. The molecule has 0 saturated carbocycles. The quantitative estimate of drug-likeness (QED) is 0.194. The van der Waals surface area contributed by atoms with Gasteiger partial charge in [0.05, 0.1) is 12.6 Å². The van der Waals surface area contributed by atoms with Gasteiger partial charge >= 0.3 is 5.97 Å². The molecule has 1 aliphatic heterocycles. The lowest BCUT2D eigenvalue weighted by molar-refractivity contribution is -0.146. The molecule has 3 aromatic carbocycles. The van der Waals surface area contributed by atoms with Crippen molar-refractivity contribution in [2.24, 2.45) is 0 Å². The number of rotatable bonds is 7. The smallest absolute Gasteiger partial charge is 0.384 e. The highest BCUT2D eigenvalue weighted by atomic mass is 16.5. The van der Waals surface area contributed by atoms with Crippen LogP contribution < -0.4 is 10.6 Å². The van der Waals surface area contributed by atoms with E-state index in [0.717, 1.165) is 16.7 Å². The van der Waals surface area contributed by atoms with Crippen molar-refractivity contribution < 1.29 is 19.1 Å². The Kier molecular flexibility index (Phi) is 6.84. The fraction of sp³-hybridized carbons (Fsp3) is 0.185. The zero-order valence-electron chi connectivity index (χ0n) is 18.2. The summed E-state index contributed by atoms with van der Waals surface area (Å²) in [7, 11) is 1.26. The second-order valence-electron chi connectivity index (χ2n) is 7.50. The van der Waals surface area contributed by atoms with E-state index in [1.165, 1.54) is 7.11 Å². The van der Waals surface area contributed by atoms with Crippen molar-refractivity contribution in [2.45, 2.75) is 17.8 Å². The van der Waals surface area contributed by atoms with Crippen molar-refractivity contribution >= 4 is 11.9 Å². The maximum Gasteiger partial charge on any atom is 0.384 e. The minimum Gasteiger partial charge on any atom is -0.459 e. The van der Waals surface area contributed by atoms with E-state index in [9.17, 15) is 9.59 Å². The number of hydrogen-bond donors (Lipinski definition) is 2. The number of carbonyl (C=O) groups excluding carboxylic acids is 2. The third kappa shape index (κ3) is 4.65. The van der Waals surface area contributed by atoms with Gasteiger partial charge in [0.2, 0.25) is 5.91 Å². The molecule has 1 heterocycles. The fourth-order valence-corrected chi connectivity index (χ4v) is 3.97. The van der Waals surface area contributed by atoms with Gasteiger partial charge in [0.25, 0.3) is 0 Å². The second kappa shape index (κ2) is 10.1. The Balaban J connectivity index is 1.72. The van der Waals surface area contributed by atoms with Crippen molar-refractivity contribution in [3.8, 4) is 11.8 Å². The number of nitrogens with one attached hydrogen (secondary N) is 2. The van der Waals surface area contributed by atoms with Crippen LogP contribution in [0.15, 0.2) is 91.0 Å². The summed E-state index contributed by atoms with van der Waals surface area (Å²) < 4.78 is 10.2. The van der Waals surface area contributed by atoms with E-state index < -0.39 is 23.8 Å². The number of amides is 1. The third-order valence-electron chi connectivity index (χ3n) is 5.57. The molecule has 6 nitrogen and oxygen atoms in total. The summed E-state index contributed by atoms with van der Waals surface area (Å²) in [6.07, 6.45) is -0.597. The van der Waals surface area contributed by atoms with Gasteiger partial charge < -0.3 is 14.8 Å². The van der Waals surface area contributed by atoms with Crippen LogP contribution >= 0.6 is 0 Å². The Labute approximate surface area is 192 Å². The van der Waals surface area contributed by atoms with Crippen LogP contribution in [0.4, 0.5) is 0 Å². The molecule has 4 rings (SSSR count). The third-order valence-corrected chi connectivity index (χ3v) is 5.57. The van der Waals surface area contributed by atoms with Crippen LogP contribution in [0, 0.1) is 11.8 Å². The summed E-state index contributed by atoms with van der Waals surface area (Å²) >= 11 is 0. The van der Waals surface area contributed by atoms with Gasteiger partial charge in [-0.2, -0.15) is 0 Å². The lowest BCUT2D eigenvalue weighted by Crippen LogP contribution is -2.72. The largest absolute Gasteiger partial charge is 0.459 e. The predicted molar refractivity (Wildman–Crippen MR) is 124 cm³/mol. The predicted octanol–water partition coefficient (Wildman–Crippen LogP) is 2.59. The molecule has 0 spiro atoms. The van der Waals surface area contributed by atoms with E-state index in [0.29, 0.717) is 0 Å². The number of methoxy groups -OCH3 is 1. The highest BCUT2D eigenvalue weighted by Gasteiger charge is 2.47. The molecule has 2 unspecified atom stereocenters. The van der Waals surface area contributed by atoms with Crippen molar-refractivity contribution in [3.05, 3.63) is 108 Å². The topological polar surface area (TPSA) is 76.7 Å². The molecule has 1 saturated heterocycles. The first-order valence-corrected chi connectivity index (χ1v) is 10.6. The first-order valence-electron chi connectivity index (χ1n) is 10.6. The van der Waals surface area contributed by atoms with Crippen molar-refractivity contribution in [1.29, 1.82) is 0 Å². The highest BCUT2D eigenvalue weighted by molar-refractivity contribution is 5.89. The normalized spacial score (nSPS) is 17.2. The maximum atomic E-state index is 12.6. The Hall–Kier alpha value is -3.92. The van der Waals surface area contributed by atoms with E-state index >= 15 is 0 Å². The van der Waals surface area contributed by atoms with Gasteiger partial charge in [0.1, 0.15) is 12.6 Å². The van der Waals surface area contributed by atoms with Crippen LogP contribution in [0.1, 0.15) is 16.7 Å². The molecule has 0 bridgehead atoms. The zero-order valence-corrected chi connectivity index (χ0v) is 18.2. The lowest BCUT2D eigenvalue weighted by atomic mass is 9.76. The van der Waals surface area contributed by atoms with E-state index in [1.54, 1.807) is 0 Å². The van der Waals surface area contributed by atoms with Crippen molar-refractivity contribution in [1.82, 2.24) is 10.6 Å². The summed E-state index contributed by atoms with van der Waals surface area (Å²) in [4.78, 5) is 23.8. The van der Waals surface area contributed by atoms with Gasteiger partial charge in [-0.05, 0) is 16.7 Å². The number of benzene rings is 3. The summed E-state index contributed by atoms with van der Waals surface area (Å²) in [5.41, 5.74) is 2.18. The molecule has 1 aliphatic rings. The maximum absolute atomic E-state index is 12.6. The van der Waals surface area contributed by atoms with Crippen LogP contribution in [0.2, 0.25) is 0 Å². The molecule has 0 aromatic heterocycles. The molecule has 2 atom stereocenters. The van der Waals surface area contributed by atoms with Crippen LogP contribution in [0.25, 0.3) is 0 Å². The molecule has 33 heavy (non-hydrogen) atoms. The molecular formula is C27H24N2O4. The van der Waals surface area contributed by atoms with Crippen LogP contribution in [-0.2, 0) is 24.6 Å². The average molecular weight is 440 g/mol. The number of hydrogen-bond acceptors (Lipinski definition) is 5. The van der Waals surface area contributed by atoms with Gasteiger partial charge in [-0.3, -0.25) is 10.1 Å². The van der Waals surface area contributed by atoms with Gasteiger partial charge in [-0.15, -0.1) is 0 Å². The molecule has 3 aromatic rings. The van der Waals surface area contributed by atoms with Gasteiger partial charge in [0.15, 0.2) is 6.23 Å². The average Bonchev–Trinajstić information content (AvgIpc) is 2.88. The van der Waals surface area contributed by atoms with Gasteiger partial charge in [-0.25, -0.2) is 4.79 Å². The molecule has 0 radical (unpaired) electrons. The minimum absolute atomic E-state index is 0.0206. The molecule has 166 valence electrons. The van der Waals surface area contributed by atoms with Crippen LogP contribution in [-0.4, -0.2) is 37.9 Å². The lowest BCUT2D eigenvalue weighted by Gasteiger charge is -2.45. The monoisotopic (exact) mass is 440 g/mol. The number of β-lactam (4-membered cyclic amide) rings is 1. The first-order chi connectivity index (χ1) is 16.1. The molecule has 1 amide bonds. The molecule has 0 aliphatic carbocycles. The minimum atomic E-state index is -0.800. The number of ether oxygens (including phenoxy) is 2. The van der Waals surface area contributed by atoms with E-state index in [1.807, 2.05) is 91.0 Å². The van der Waals surface area contributed by atoms with E-state index in [2.05, 4.69) is 27.2 Å². The number of esters is 1. The van der Waals surface area contributed by atoms with E-state index in [4.69, 9.17) is 4.74 Å². The Morgan fingerprint density at radius 3 is 1.82 bits per heavy atom. The highest BCUT2D eigenvalue weighted by Crippen LogP contribution is 2.38. The molecule has 2 N–H and O–H groups in total. The summed E-state index contributed by atoms with van der Waals surface area (Å²) in [6, 6.07) is 29.4. The zero-order chi connectivity index (χ0) is 23.1.